The first-order chi connectivity index (χ1) is 8.93. The normalized spacial score (nSPS) is 11.3. The number of unbranched alkanes of at least 4 members (excludes halogenated alkanes) is 4. The Labute approximate surface area is 115 Å². The van der Waals surface area contributed by atoms with Crippen LogP contribution in [0, 0.1) is 0 Å². The first-order valence-electron chi connectivity index (χ1n) is 7.05. The number of aliphatic hydroxyl groups excluding tert-OH is 1. The third kappa shape index (κ3) is 22.5. The van der Waals surface area contributed by atoms with Gasteiger partial charge in [0.2, 0.25) is 0 Å². The van der Waals surface area contributed by atoms with E-state index < -0.39 is 18.0 Å². The molecule has 0 saturated heterocycles. The zero-order valence-electron chi connectivity index (χ0n) is 12.1. The van der Waals surface area contributed by atoms with E-state index in [-0.39, 0.29) is 6.42 Å². The lowest BCUT2D eigenvalue weighted by molar-refractivity contribution is -0.138. The van der Waals surface area contributed by atoms with Gasteiger partial charge in [-0.25, -0.2) is 0 Å². The van der Waals surface area contributed by atoms with Crippen molar-refractivity contribution in [2.75, 3.05) is 0 Å². The zero-order valence-corrected chi connectivity index (χ0v) is 12.1. The molecule has 5 heteroatoms. The van der Waals surface area contributed by atoms with Crippen LogP contribution in [0.15, 0.2) is 0 Å². The van der Waals surface area contributed by atoms with Crippen molar-refractivity contribution in [3.8, 4) is 0 Å². The molecule has 19 heavy (non-hydrogen) atoms. The van der Waals surface area contributed by atoms with Crippen molar-refractivity contribution in [1.29, 1.82) is 0 Å². The van der Waals surface area contributed by atoms with E-state index in [9.17, 15) is 9.59 Å². The summed E-state index contributed by atoms with van der Waals surface area (Å²) in [6.07, 6.45) is 6.50. The van der Waals surface area contributed by atoms with E-state index in [1.165, 1.54) is 19.3 Å². The molecule has 0 aliphatic carbocycles. The molecule has 0 aromatic heterocycles. The van der Waals surface area contributed by atoms with Crippen LogP contribution in [0.1, 0.15) is 71.6 Å². The predicted molar refractivity (Wildman–Crippen MR) is 74.2 cm³/mol. The summed E-state index contributed by atoms with van der Waals surface area (Å²) in [6, 6.07) is 0. The summed E-state index contributed by atoms with van der Waals surface area (Å²) in [6.45, 7) is 3.98. The molecule has 5 nitrogen and oxygen atoms in total. The molecule has 0 amide bonds. The highest BCUT2D eigenvalue weighted by Gasteiger charge is 2.03. The topological polar surface area (TPSA) is 94.8 Å². The summed E-state index contributed by atoms with van der Waals surface area (Å²) in [4.78, 5) is 19.9. The van der Waals surface area contributed by atoms with Gasteiger partial charge in [0.05, 0.1) is 6.10 Å². The summed E-state index contributed by atoms with van der Waals surface area (Å²) in [5, 5.41) is 25.3. The first-order valence-corrected chi connectivity index (χ1v) is 7.05. The van der Waals surface area contributed by atoms with Gasteiger partial charge in [0.25, 0.3) is 0 Å². The second kappa shape index (κ2) is 15.0. The van der Waals surface area contributed by atoms with Crippen LogP contribution in [0.3, 0.4) is 0 Å². The van der Waals surface area contributed by atoms with Crippen molar-refractivity contribution < 1.29 is 24.9 Å². The van der Waals surface area contributed by atoms with Gasteiger partial charge < -0.3 is 15.3 Å². The third-order valence-corrected chi connectivity index (χ3v) is 2.66. The molecule has 0 fully saturated rings. The van der Waals surface area contributed by atoms with Gasteiger partial charge in [-0.15, -0.1) is 0 Å². The largest absolute Gasteiger partial charge is 0.481 e. The van der Waals surface area contributed by atoms with Crippen LogP contribution in [0.5, 0.6) is 0 Å². The molecule has 0 saturated carbocycles. The molecule has 0 aliphatic heterocycles. The molecule has 114 valence electrons. The van der Waals surface area contributed by atoms with Crippen LogP contribution in [-0.4, -0.2) is 33.4 Å². The molecular weight excluding hydrogens is 248 g/mol. The number of rotatable bonds is 10. The first kappa shape index (κ1) is 20.2. The summed E-state index contributed by atoms with van der Waals surface area (Å²) < 4.78 is 0. The van der Waals surface area contributed by atoms with Gasteiger partial charge >= 0.3 is 11.9 Å². The molecule has 0 aromatic rings. The molecule has 0 aliphatic rings. The van der Waals surface area contributed by atoms with Gasteiger partial charge in [-0.3, -0.25) is 9.59 Å². The SMILES string of the molecule is CCC(O)CCC(=O)O.CCCCCCCC(=O)O. The fourth-order valence-electron chi connectivity index (χ4n) is 1.37. The lowest BCUT2D eigenvalue weighted by Gasteiger charge is -2.02. The highest BCUT2D eigenvalue weighted by molar-refractivity contribution is 5.66. The second-order valence-electron chi connectivity index (χ2n) is 4.55. The molecule has 3 N–H and O–H groups in total. The van der Waals surface area contributed by atoms with E-state index in [2.05, 4.69) is 6.92 Å². The Morgan fingerprint density at radius 1 is 0.895 bits per heavy atom. The molecular formula is C14H28O5. The van der Waals surface area contributed by atoms with Crippen molar-refractivity contribution in [1.82, 2.24) is 0 Å². The van der Waals surface area contributed by atoms with Gasteiger partial charge in [-0.05, 0) is 19.3 Å². The van der Waals surface area contributed by atoms with E-state index in [0.717, 1.165) is 12.8 Å². The van der Waals surface area contributed by atoms with Gasteiger partial charge in [0.15, 0.2) is 0 Å². The predicted octanol–water partition coefficient (Wildman–Crippen LogP) is 3.05. The fourth-order valence-corrected chi connectivity index (χ4v) is 1.37. The Kier molecular flexibility index (Phi) is 15.9. The fraction of sp³-hybridized carbons (Fsp3) is 0.857. The lowest BCUT2D eigenvalue weighted by atomic mass is 10.1. The maximum atomic E-state index is 10.0. The van der Waals surface area contributed by atoms with Crippen LogP contribution in [0.2, 0.25) is 0 Å². The van der Waals surface area contributed by atoms with Crippen LogP contribution in [0.25, 0.3) is 0 Å². The Bertz CT molecular complexity index is 228. The summed E-state index contributed by atoms with van der Waals surface area (Å²) in [5.74, 6) is -1.51. The highest BCUT2D eigenvalue weighted by atomic mass is 16.4. The van der Waals surface area contributed by atoms with Crippen LogP contribution < -0.4 is 0 Å². The number of aliphatic carboxylic acids is 2. The van der Waals surface area contributed by atoms with E-state index in [1.54, 1.807) is 0 Å². The van der Waals surface area contributed by atoms with Gasteiger partial charge in [0, 0.05) is 12.8 Å². The summed E-state index contributed by atoms with van der Waals surface area (Å²) >= 11 is 0. The Morgan fingerprint density at radius 2 is 1.42 bits per heavy atom. The van der Waals surface area contributed by atoms with Crippen molar-refractivity contribution >= 4 is 11.9 Å². The Hall–Kier alpha value is -1.10. The average Bonchev–Trinajstić information content (AvgIpc) is 2.36. The van der Waals surface area contributed by atoms with Gasteiger partial charge in [-0.2, -0.15) is 0 Å². The molecule has 1 unspecified atom stereocenters. The van der Waals surface area contributed by atoms with E-state index in [0.29, 0.717) is 19.3 Å². The monoisotopic (exact) mass is 276 g/mol. The zero-order chi connectivity index (χ0) is 15.1. The molecule has 0 bridgehead atoms. The minimum atomic E-state index is -0.845. The lowest BCUT2D eigenvalue weighted by Crippen LogP contribution is -2.07. The minimum Gasteiger partial charge on any atom is -0.481 e. The average molecular weight is 276 g/mol. The number of carbonyl (C=O) groups is 2. The third-order valence-electron chi connectivity index (χ3n) is 2.66. The van der Waals surface area contributed by atoms with Crippen molar-refractivity contribution in [2.45, 2.75) is 77.7 Å². The van der Waals surface area contributed by atoms with Crippen LogP contribution in [0.4, 0.5) is 0 Å². The minimum absolute atomic E-state index is 0.0645. The highest BCUT2D eigenvalue weighted by Crippen LogP contribution is 2.04. The number of carboxylic acid groups (broad SMARTS) is 2. The van der Waals surface area contributed by atoms with E-state index in [4.69, 9.17) is 15.3 Å². The molecule has 0 spiro atoms. The summed E-state index contributed by atoms with van der Waals surface area (Å²) in [5.41, 5.74) is 0. The standard InChI is InChI=1S/C8H16O2.C6H12O3/c1-2-3-4-5-6-7-8(9)10;1-2-5(7)3-4-6(8)9/h2-7H2,1H3,(H,9,10);5,7H,2-4H2,1H3,(H,8,9). The van der Waals surface area contributed by atoms with Crippen molar-refractivity contribution in [3.05, 3.63) is 0 Å². The van der Waals surface area contributed by atoms with E-state index in [1.807, 2.05) is 6.92 Å². The van der Waals surface area contributed by atoms with Crippen LogP contribution in [-0.2, 0) is 9.59 Å². The van der Waals surface area contributed by atoms with Gasteiger partial charge in [0.1, 0.15) is 0 Å². The number of hydrogen-bond acceptors (Lipinski definition) is 3. The quantitative estimate of drug-likeness (QED) is 0.533. The Balaban J connectivity index is 0. The molecule has 1 atom stereocenters. The number of hydrogen-bond donors (Lipinski definition) is 3. The molecule has 0 aromatic carbocycles. The Morgan fingerprint density at radius 3 is 1.84 bits per heavy atom. The van der Waals surface area contributed by atoms with Crippen molar-refractivity contribution in [3.63, 3.8) is 0 Å². The maximum Gasteiger partial charge on any atom is 0.303 e. The molecule has 0 heterocycles. The molecule has 0 radical (unpaired) electrons. The maximum absolute atomic E-state index is 10.0. The smallest absolute Gasteiger partial charge is 0.303 e. The number of aliphatic hydroxyl groups is 1. The van der Waals surface area contributed by atoms with E-state index >= 15 is 0 Å². The van der Waals surface area contributed by atoms with Gasteiger partial charge in [-0.1, -0.05) is 39.5 Å². The molecule has 0 rings (SSSR count). The van der Waals surface area contributed by atoms with Crippen LogP contribution >= 0.6 is 0 Å². The number of carboxylic acids is 2. The second-order valence-corrected chi connectivity index (χ2v) is 4.55. The van der Waals surface area contributed by atoms with Crippen molar-refractivity contribution in [2.24, 2.45) is 0 Å². The summed E-state index contributed by atoms with van der Waals surface area (Å²) in [7, 11) is 0.